The minimum atomic E-state index is -4.12. The highest BCUT2D eigenvalue weighted by atomic mass is 79.9. The highest BCUT2D eigenvalue weighted by Crippen LogP contribution is 2.39. The zero-order valence-corrected chi connectivity index (χ0v) is 12.6. The molecule has 1 nitrogen and oxygen atoms in total. The molecule has 108 valence electrons. The maximum absolute atomic E-state index is 12.1. The van der Waals surface area contributed by atoms with E-state index < -0.39 is 12.6 Å². The van der Waals surface area contributed by atoms with Crippen LogP contribution in [0.3, 0.4) is 0 Å². The van der Waals surface area contributed by atoms with Crippen LogP contribution in [0.4, 0.5) is 13.2 Å². The van der Waals surface area contributed by atoms with Crippen molar-refractivity contribution in [3.8, 4) is 0 Å². The molecule has 0 heterocycles. The van der Waals surface area contributed by atoms with Gasteiger partial charge in [0.1, 0.15) is 0 Å². The first-order chi connectivity index (χ1) is 8.28. The minimum Gasteiger partial charge on any atom is -0.374 e. The Labute approximate surface area is 116 Å². The van der Waals surface area contributed by atoms with Gasteiger partial charge in [0.25, 0.3) is 0 Å². The second-order valence-corrected chi connectivity index (χ2v) is 6.17. The summed E-state index contributed by atoms with van der Waals surface area (Å²) < 4.78 is 41.9. The molecule has 1 fully saturated rings. The Morgan fingerprint density at radius 1 is 1.28 bits per heavy atom. The quantitative estimate of drug-likeness (QED) is 0.649. The largest absolute Gasteiger partial charge is 0.391 e. The fourth-order valence-corrected chi connectivity index (χ4v) is 3.26. The number of rotatable bonds is 5. The van der Waals surface area contributed by atoms with Crippen LogP contribution < -0.4 is 0 Å². The lowest BCUT2D eigenvalue weighted by atomic mass is 9.75. The van der Waals surface area contributed by atoms with Gasteiger partial charge in [-0.05, 0) is 37.5 Å². The van der Waals surface area contributed by atoms with Gasteiger partial charge in [-0.25, -0.2) is 0 Å². The Kier molecular flexibility index (Phi) is 5.97. The third-order valence-corrected chi connectivity index (χ3v) is 4.94. The maximum atomic E-state index is 12.1. The second kappa shape index (κ2) is 6.60. The fourth-order valence-electron chi connectivity index (χ4n) is 2.53. The molecule has 0 aromatic heterocycles. The lowest BCUT2D eigenvalue weighted by molar-refractivity contribution is -0.160. The van der Waals surface area contributed by atoms with Crippen LogP contribution in [0.15, 0.2) is 0 Å². The van der Waals surface area contributed by atoms with Crippen LogP contribution in [0.25, 0.3) is 0 Å². The summed E-state index contributed by atoms with van der Waals surface area (Å²) in [6.07, 6.45) is -1.15. The van der Waals surface area contributed by atoms with Crippen LogP contribution in [0.2, 0.25) is 0 Å². The Morgan fingerprint density at radius 3 is 2.22 bits per heavy atom. The topological polar surface area (TPSA) is 9.23 Å². The molecule has 0 aromatic rings. The molecule has 18 heavy (non-hydrogen) atoms. The first kappa shape index (κ1) is 16.3. The van der Waals surface area contributed by atoms with Crippen LogP contribution in [0.1, 0.15) is 46.0 Å². The highest BCUT2D eigenvalue weighted by Gasteiger charge is 2.37. The first-order valence-electron chi connectivity index (χ1n) is 6.55. The third-order valence-electron chi connectivity index (χ3n) is 3.92. The molecule has 1 rings (SSSR count). The Bertz CT molecular complexity index is 245. The van der Waals surface area contributed by atoms with E-state index >= 15 is 0 Å². The van der Waals surface area contributed by atoms with E-state index in [1.165, 1.54) is 0 Å². The van der Waals surface area contributed by atoms with Crippen molar-refractivity contribution < 1.29 is 17.9 Å². The van der Waals surface area contributed by atoms with E-state index in [1.54, 1.807) is 0 Å². The van der Waals surface area contributed by atoms with Crippen LogP contribution in [0.5, 0.6) is 0 Å². The van der Waals surface area contributed by atoms with Crippen molar-refractivity contribution in [3.05, 3.63) is 0 Å². The molecule has 1 aliphatic carbocycles. The highest BCUT2D eigenvalue weighted by molar-refractivity contribution is 9.09. The molecular weight excluding hydrogens is 309 g/mol. The smallest absolute Gasteiger partial charge is 0.374 e. The average molecular weight is 331 g/mol. The molecule has 5 heteroatoms. The summed E-state index contributed by atoms with van der Waals surface area (Å²) in [5.74, 6) is 1.33. The summed E-state index contributed by atoms with van der Waals surface area (Å²) in [5, 5.41) is 0.628. The van der Waals surface area contributed by atoms with Crippen LogP contribution in [-0.2, 0) is 4.74 Å². The van der Waals surface area contributed by atoms with Gasteiger partial charge in [-0.2, -0.15) is 13.2 Å². The van der Waals surface area contributed by atoms with Gasteiger partial charge in [-0.15, -0.1) is 0 Å². The van der Waals surface area contributed by atoms with Gasteiger partial charge >= 0.3 is 6.18 Å². The SMILES string of the molecule is CC(C)C1CCC(CBr)(OCCC(F)(F)F)CC1. The number of alkyl halides is 4. The lowest BCUT2D eigenvalue weighted by Crippen LogP contribution is -2.40. The molecule has 0 spiro atoms. The van der Waals surface area contributed by atoms with E-state index in [9.17, 15) is 13.2 Å². The van der Waals surface area contributed by atoms with Gasteiger partial charge in [0.15, 0.2) is 0 Å². The van der Waals surface area contributed by atoms with Gasteiger partial charge in [-0.1, -0.05) is 29.8 Å². The van der Waals surface area contributed by atoms with E-state index in [0.717, 1.165) is 25.7 Å². The Hall–Kier alpha value is 0.230. The van der Waals surface area contributed by atoms with Gasteiger partial charge in [0.2, 0.25) is 0 Å². The van der Waals surface area contributed by atoms with Crippen molar-refractivity contribution in [1.82, 2.24) is 0 Å². The molecule has 1 saturated carbocycles. The van der Waals surface area contributed by atoms with Gasteiger partial charge in [-0.3, -0.25) is 0 Å². The molecule has 0 unspecified atom stereocenters. The van der Waals surface area contributed by atoms with Crippen molar-refractivity contribution in [1.29, 1.82) is 0 Å². The zero-order chi connectivity index (χ0) is 13.8. The molecule has 0 bridgehead atoms. The summed E-state index contributed by atoms with van der Waals surface area (Å²) in [4.78, 5) is 0. The zero-order valence-electron chi connectivity index (χ0n) is 11.0. The molecule has 0 atom stereocenters. The number of ether oxygens (including phenoxy) is 1. The molecule has 0 aromatic carbocycles. The number of hydrogen-bond donors (Lipinski definition) is 0. The summed E-state index contributed by atoms with van der Waals surface area (Å²) in [7, 11) is 0. The Balaban J connectivity index is 2.41. The standard InChI is InChI=1S/C13H22BrF3O/c1-10(2)11-3-5-12(9-14,6-4-11)18-8-7-13(15,16)17/h10-11H,3-9H2,1-2H3. The average Bonchev–Trinajstić information content (AvgIpc) is 2.28. The molecule has 0 amide bonds. The predicted molar refractivity (Wildman–Crippen MR) is 69.9 cm³/mol. The first-order valence-corrected chi connectivity index (χ1v) is 7.67. The van der Waals surface area contributed by atoms with E-state index in [0.29, 0.717) is 17.2 Å². The van der Waals surface area contributed by atoms with Crippen LogP contribution >= 0.6 is 15.9 Å². The lowest BCUT2D eigenvalue weighted by Gasteiger charge is -2.40. The van der Waals surface area contributed by atoms with Crippen LogP contribution in [-0.4, -0.2) is 23.7 Å². The van der Waals surface area contributed by atoms with Crippen molar-refractivity contribution in [2.45, 2.75) is 57.7 Å². The molecule has 0 radical (unpaired) electrons. The summed E-state index contributed by atoms with van der Waals surface area (Å²) in [6.45, 7) is 4.19. The molecule has 0 N–H and O–H groups in total. The van der Waals surface area contributed by atoms with E-state index in [-0.39, 0.29) is 12.2 Å². The summed E-state index contributed by atoms with van der Waals surface area (Å²) in [5.41, 5.74) is -0.378. The van der Waals surface area contributed by atoms with Crippen molar-refractivity contribution in [2.24, 2.45) is 11.8 Å². The minimum absolute atomic E-state index is 0.221. The summed E-state index contributed by atoms with van der Waals surface area (Å²) >= 11 is 3.40. The molecule has 1 aliphatic rings. The predicted octanol–water partition coefficient (Wildman–Crippen LogP) is 4.94. The third kappa shape index (κ3) is 5.08. The van der Waals surface area contributed by atoms with E-state index in [1.807, 2.05) is 0 Å². The molecular formula is C13H22BrF3O. The van der Waals surface area contributed by atoms with Gasteiger partial charge in [0.05, 0.1) is 18.6 Å². The molecule has 0 saturated heterocycles. The van der Waals surface area contributed by atoms with Gasteiger partial charge < -0.3 is 4.74 Å². The van der Waals surface area contributed by atoms with Crippen molar-refractivity contribution in [3.63, 3.8) is 0 Å². The number of halogens is 4. The van der Waals surface area contributed by atoms with E-state index in [4.69, 9.17) is 4.74 Å². The monoisotopic (exact) mass is 330 g/mol. The van der Waals surface area contributed by atoms with Crippen molar-refractivity contribution in [2.75, 3.05) is 11.9 Å². The number of hydrogen-bond acceptors (Lipinski definition) is 1. The van der Waals surface area contributed by atoms with Crippen molar-refractivity contribution >= 4 is 15.9 Å². The van der Waals surface area contributed by atoms with Crippen LogP contribution in [0, 0.1) is 11.8 Å². The summed E-state index contributed by atoms with van der Waals surface area (Å²) in [6, 6.07) is 0. The van der Waals surface area contributed by atoms with E-state index in [2.05, 4.69) is 29.8 Å². The normalized spacial score (nSPS) is 29.8. The maximum Gasteiger partial charge on any atom is 0.391 e. The molecule has 0 aliphatic heterocycles. The van der Waals surface area contributed by atoms with Gasteiger partial charge in [0, 0.05) is 5.33 Å². The fraction of sp³-hybridized carbons (Fsp3) is 1.00. The second-order valence-electron chi connectivity index (χ2n) is 5.61. The Morgan fingerprint density at radius 2 is 1.83 bits per heavy atom.